The van der Waals surface area contributed by atoms with Crippen LogP contribution in [0.1, 0.15) is 27.2 Å². The third-order valence-electron chi connectivity index (χ3n) is 3.52. The Morgan fingerprint density at radius 2 is 2.00 bits per heavy atom. The van der Waals surface area contributed by atoms with E-state index in [1.165, 1.54) is 0 Å². The summed E-state index contributed by atoms with van der Waals surface area (Å²) in [5.41, 5.74) is 5.91. The van der Waals surface area contributed by atoms with Crippen molar-refractivity contribution in [2.24, 2.45) is 11.7 Å². The molecule has 0 heterocycles. The Labute approximate surface area is 103 Å². The van der Waals surface area contributed by atoms with Gasteiger partial charge in [0.1, 0.15) is 15.1 Å². The molecule has 0 aliphatic heterocycles. The minimum atomic E-state index is -0.142. The van der Waals surface area contributed by atoms with Crippen molar-refractivity contribution in [2.45, 2.75) is 45.0 Å². The van der Waals surface area contributed by atoms with Crippen LogP contribution in [-0.4, -0.2) is 47.3 Å². The van der Waals surface area contributed by atoms with Crippen LogP contribution in [0.15, 0.2) is 0 Å². The maximum absolute atomic E-state index is 6.18. The van der Waals surface area contributed by atoms with Gasteiger partial charge in [-0.3, -0.25) is 0 Å². The van der Waals surface area contributed by atoms with E-state index in [4.69, 9.17) is 15.1 Å². The maximum Gasteiger partial charge on any atom is 0.257 e. The van der Waals surface area contributed by atoms with Crippen molar-refractivity contribution in [3.63, 3.8) is 0 Å². The zero-order chi connectivity index (χ0) is 12.8. The monoisotopic (exact) mass is 225 g/mol. The van der Waals surface area contributed by atoms with E-state index in [9.17, 15) is 0 Å². The summed E-state index contributed by atoms with van der Waals surface area (Å²) in [5, 5.41) is 0. The van der Waals surface area contributed by atoms with Gasteiger partial charge in [-0.25, -0.2) is 0 Å². The van der Waals surface area contributed by atoms with Gasteiger partial charge in [-0.15, -0.1) is 0 Å². The predicted molar refractivity (Wildman–Crippen MR) is 76.8 cm³/mol. The lowest BCUT2D eigenvalue weighted by atomic mass is 9.56. The molecule has 0 spiro atoms. The normalized spacial score (nSPS) is 20.8. The fraction of sp³-hybridized carbons (Fsp3) is 1.00. The first kappa shape index (κ1) is 16.1. The second-order valence-corrected chi connectivity index (χ2v) is 5.57. The standard InChI is InChI=1S/C10H26B3NO2/c1-8(10(3,14)13-4)7-15-9(2,11)5-6-16-12/h8,13H,5-7,11-12,14H2,1-4H3. The van der Waals surface area contributed by atoms with Gasteiger partial charge in [-0.05, 0) is 24.7 Å². The second-order valence-electron chi connectivity index (χ2n) is 5.57. The van der Waals surface area contributed by atoms with Gasteiger partial charge in [-0.2, -0.15) is 0 Å². The fourth-order valence-corrected chi connectivity index (χ4v) is 1.31. The minimum absolute atomic E-state index is 0.131. The number of hydrogen-bond donors (Lipinski definition) is 1. The molecular weight excluding hydrogens is 199 g/mol. The molecule has 0 fully saturated rings. The molecule has 0 aromatic heterocycles. The molecule has 6 heteroatoms. The summed E-state index contributed by atoms with van der Waals surface area (Å²) in [7, 11) is 4.78. The number of hydrogen-bond acceptors (Lipinski definition) is 3. The Balaban J connectivity index is 4.03. The summed E-state index contributed by atoms with van der Waals surface area (Å²) < 4.78 is 11.0. The van der Waals surface area contributed by atoms with Crippen LogP contribution in [0.4, 0.5) is 0 Å². The summed E-state index contributed by atoms with van der Waals surface area (Å²) in [6.07, 6.45) is 0.906. The maximum atomic E-state index is 6.18. The molecule has 0 aliphatic rings. The molecule has 0 aromatic carbocycles. The highest BCUT2D eigenvalue weighted by Gasteiger charge is 2.27. The molecule has 0 amide bonds. The van der Waals surface area contributed by atoms with Gasteiger partial charge in [0, 0.05) is 18.7 Å². The van der Waals surface area contributed by atoms with Crippen molar-refractivity contribution in [3.8, 4) is 0 Å². The lowest BCUT2D eigenvalue weighted by Gasteiger charge is -2.34. The molecular formula is C10H26B3NO2. The quantitative estimate of drug-likeness (QED) is 0.544. The first-order chi connectivity index (χ1) is 7.25. The average molecular weight is 225 g/mol. The summed E-state index contributed by atoms with van der Waals surface area (Å²) in [6, 6.07) is 0. The molecule has 0 aromatic rings. The van der Waals surface area contributed by atoms with Crippen molar-refractivity contribution < 1.29 is 9.39 Å². The van der Waals surface area contributed by atoms with E-state index in [0.29, 0.717) is 12.5 Å². The Kier molecular flexibility index (Phi) is 6.76. The highest BCUT2D eigenvalue weighted by Crippen LogP contribution is 2.17. The summed E-state index contributed by atoms with van der Waals surface area (Å²) in [5.74, 6) is 0.360. The van der Waals surface area contributed by atoms with Gasteiger partial charge in [0.2, 0.25) is 0 Å². The van der Waals surface area contributed by atoms with E-state index in [2.05, 4.69) is 35.4 Å². The van der Waals surface area contributed by atoms with E-state index < -0.39 is 0 Å². The number of nitrogens with two attached hydrogens (primary N) is 1. The molecule has 0 aliphatic carbocycles. The lowest BCUT2D eigenvalue weighted by Crippen LogP contribution is -2.50. The Bertz CT molecular complexity index is 201. The van der Waals surface area contributed by atoms with Crippen molar-refractivity contribution in [3.05, 3.63) is 0 Å². The smallest absolute Gasteiger partial charge is 0.257 e. The van der Waals surface area contributed by atoms with Gasteiger partial charge in [-0.1, -0.05) is 20.7 Å². The molecule has 16 heavy (non-hydrogen) atoms. The third-order valence-corrected chi connectivity index (χ3v) is 3.52. The first-order valence-corrected chi connectivity index (χ1v) is 6.17. The number of ether oxygens (including phenoxy) is 1. The van der Waals surface area contributed by atoms with Crippen molar-refractivity contribution in [1.82, 2.24) is 0 Å². The van der Waals surface area contributed by atoms with Crippen molar-refractivity contribution in [2.75, 3.05) is 13.2 Å². The summed E-state index contributed by atoms with van der Waals surface area (Å²) >= 11 is 0. The van der Waals surface area contributed by atoms with Crippen molar-refractivity contribution in [1.29, 1.82) is 0 Å². The zero-order valence-electron chi connectivity index (χ0n) is 11.8. The Morgan fingerprint density at radius 1 is 1.44 bits per heavy atom. The highest BCUT2D eigenvalue weighted by atomic mass is 16.5. The Morgan fingerprint density at radius 3 is 2.44 bits per heavy atom. The molecule has 0 bridgehead atoms. The van der Waals surface area contributed by atoms with Crippen LogP contribution in [0.25, 0.3) is 0 Å². The molecule has 0 saturated heterocycles. The molecule has 3 unspecified atom stereocenters. The molecule has 92 valence electrons. The summed E-state index contributed by atoms with van der Waals surface area (Å²) in [6.45, 7) is 9.89. The third kappa shape index (κ3) is 5.97. The highest BCUT2D eigenvalue weighted by molar-refractivity contribution is 6.38. The van der Waals surface area contributed by atoms with Gasteiger partial charge < -0.3 is 15.1 Å². The molecule has 3 atom stereocenters. The van der Waals surface area contributed by atoms with Crippen LogP contribution in [0.3, 0.4) is 0 Å². The zero-order valence-corrected chi connectivity index (χ0v) is 11.8. The minimum Gasteiger partial charge on any atom is -0.444 e. The van der Waals surface area contributed by atoms with E-state index in [-0.39, 0.29) is 10.9 Å². The molecule has 2 N–H and O–H groups in total. The van der Waals surface area contributed by atoms with E-state index >= 15 is 0 Å². The van der Waals surface area contributed by atoms with Gasteiger partial charge in [0.15, 0.2) is 0 Å². The van der Waals surface area contributed by atoms with E-state index in [1.54, 1.807) is 8.05 Å². The topological polar surface area (TPSA) is 44.5 Å². The fourth-order valence-electron chi connectivity index (χ4n) is 1.31. The van der Waals surface area contributed by atoms with Crippen LogP contribution in [0.5, 0.6) is 0 Å². The SMILES string of the molecule is BOCCC(B)(C)OCC(C)C(C)(N)BC. The van der Waals surface area contributed by atoms with Gasteiger partial charge >= 0.3 is 0 Å². The van der Waals surface area contributed by atoms with Crippen molar-refractivity contribution >= 4 is 23.2 Å². The lowest BCUT2D eigenvalue weighted by molar-refractivity contribution is -0.00527. The molecule has 0 radical (unpaired) electrons. The van der Waals surface area contributed by atoms with Gasteiger partial charge in [0.25, 0.3) is 8.05 Å². The van der Waals surface area contributed by atoms with Crippen LogP contribution >= 0.6 is 0 Å². The summed E-state index contributed by atoms with van der Waals surface area (Å²) in [4.78, 5) is 0. The average Bonchev–Trinajstić information content (AvgIpc) is 2.23. The number of rotatable bonds is 8. The van der Waals surface area contributed by atoms with Crippen LogP contribution in [0, 0.1) is 5.92 Å². The second kappa shape index (κ2) is 6.72. The Hall–Kier alpha value is 0.0748. The largest absolute Gasteiger partial charge is 0.444 e. The van der Waals surface area contributed by atoms with Gasteiger partial charge in [0.05, 0.1) is 0 Å². The van der Waals surface area contributed by atoms with Crippen LogP contribution in [-0.2, 0) is 9.39 Å². The van der Waals surface area contributed by atoms with E-state index in [0.717, 1.165) is 20.3 Å². The molecule has 3 nitrogen and oxygen atoms in total. The predicted octanol–water partition coefficient (Wildman–Crippen LogP) is -0.897. The van der Waals surface area contributed by atoms with E-state index in [1.807, 2.05) is 0 Å². The molecule has 0 saturated carbocycles. The molecule has 0 rings (SSSR count). The van der Waals surface area contributed by atoms with Crippen LogP contribution in [0.2, 0.25) is 6.82 Å². The van der Waals surface area contributed by atoms with Crippen LogP contribution < -0.4 is 5.73 Å². The first-order valence-electron chi connectivity index (χ1n) is 6.17.